The van der Waals surface area contributed by atoms with Crippen LogP contribution in [0.4, 0.5) is 0 Å². The summed E-state index contributed by atoms with van der Waals surface area (Å²) in [4.78, 5) is 0. The number of benzene rings is 9. The number of hydrogen-bond donors (Lipinski definition) is 0. The first-order valence-corrected chi connectivity index (χ1v) is 11.3. The standard InChI is InChI=1S/C32H16/c1-3-7-22-20(5-1)24-15-13-18-11-9-17-10-12-19-14-16-25-21-6-2-4-8-23(21)29(22)32-30(24)27(18)26(17)28(19)31(25)32/h1-16H. The van der Waals surface area contributed by atoms with Crippen LogP contribution in [-0.2, 0) is 0 Å². The highest BCUT2D eigenvalue weighted by Crippen LogP contribution is 2.52. The SMILES string of the molecule is c1ccc2c(c1)c1ccc3ccc4ccc5ccc6c7ccccc7c2c2c1c3c4c5c62. The predicted octanol–water partition coefficient (Wildman–Crippen LogP) is 9.23. The molecule has 144 valence electrons. The highest BCUT2D eigenvalue weighted by molar-refractivity contribution is 6.51. The molecule has 0 bridgehead atoms. The molecule has 0 amide bonds. The zero-order chi connectivity index (χ0) is 20.6. The van der Waals surface area contributed by atoms with Crippen LogP contribution in [0.2, 0.25) is 0 Å². The lowest BCUT2D eigenvalue weighted by atomic mass is 9.79. The van der Waals surface area contributed by atoms with Crippen LogP contribution in [0.3, 0.4) is 0 Å². The lowest BCUT2D eigenvalue weighted by molar-refractivity contribution is 1.80. The van der Waals surface area contributed by atoms with E-state index in [1.54, 1.807) is 0 Å². The van der Waals surface area contributed by atoms with Crippen molar-refractivity contribution < 1.29 is 0 Å². The number of rotatable bonds is 0. The largest absolute Gasteiger partial charge is 0.0616 e. The van der Waals surface area contributed by atoms with Crippen molar-refractivity contribution in [3.8, 4) is 0 Å². The van der Waals surface area contributed by atoms with Crippen LogP contribution in [-0.4, -0.2) is 0 Å². The molecule has 0 saturated heterocycles. The lowest BCUT2D eigenvalue weighted by Crippen LogP contribution is -1.94. The van der Waals surface area contributed by atoms with Crippen LogP contribution in [0.1, 0.15) is 0 Å². The number of hydrogen-bond acceptors (Lipinski definition) is 0. The van der Waals surface area contributed by atoms with E-state index in [2.05, 4.69) is 97.1 Å². The lowest BCUT2D eigenvalue weighted by Gasteiger charge is -2.23. The summed E-state index contributed by atoms with van der Waals surface area (Å²) in [5.41, 5.74) is 0. The van der Waals surface area contributed by atoms with Crippen molar-refractivity contribution in [3.05, 3.63) is 97.1 Å². The maximum absolute atomic E-state index is 2.35. The second kappa shape index (κ2) is 5.00. The highest BCUT2D eigenvalue weighted by Gasteiger charge is 2.23. The molecule has 0 aromatic heterocycles. The van der Waals surface area contributed by atoms with E-state index in [1.165, 1.54) is 86.2 Å². The molecule has 0 spiro atoms. The van der Waals surface area contributed by atoms with E-state index in [0.717, 1.165) is 0 Å². The second-order valence-corrected chi connectivity index (χ2v) is 9.24. The van der Waals surface area contributed by atoms with E-state index in [-0.39, 0.29) is 0 Å². The van der Waals surface area contributed by atoms with Crippen LogP contribution < -0.4 is 0 Å². The van der Waals surface area contributed by atoms with Crippen molar-refractivity contribution in [1.82, 2.24) is 0 Å². The molecule has 9 aromatic carbocycles. The van der Waals surface area contributed by atoms with Gasteiger partial charge in [0.05, 0.1) is 0 Å². The molecule has 0 aliphatic heterocycles. The quantitative estimate of drug-likeness (QED) is 0.176. The average molecular weight is 400 g/mol. The van der Waals surface area contributed by atoms with E-state index in [4.69, 9.17) is 0 Å². The Bertz CT molecular complexity index is 2030. The van der Waals surface area contributed by atoms with Crippen LogP contribution in [0.25, 0.3) is 86.2 Å². The average Bonchev–Trinajstić information content (AvgIpc) is 2.86. The molecular weight excluding hydrogens is 384 g/mol. The predicted molar refractivity (Wildman–Crippen MR) is 140 cm³/mol. The monoisotopic (exact) mass is 400 g/mol. The van der Waals surface area contributed by atoms with Gasteiger partial charge in [-0.25, -0.2) is 0 Å². The van der Waals surface area contributed by atoms with E-state index in [0.29, 0.717) is 0 Å². The van der Waals surface area contributed by atoms with Gasteiger partial charge in [-0.15, -0.1) is 0 Å². The van der Waals surface area contributed by atoms with Gasteiger partial charge in [0.25, 0.3) is 0 Å². The third-order valence-corrected chi connectivity index (χ3v) is 7.87. The van der Waals surface area contributed by atoms with Gasteiger partial charge in [-0.1, -0.05) is 97.1 Å². The minimum Gasteiger partial charge on any atom is -0.0616 e. The molecule has 0 N–H and O–H groups in total. The van der Waals surface area contributed by atoms with Gasteiger partial charge < -0.3 is 0 Å². The Kier molecular flexibility index (Phi) is 2.44. The fraction of sp³-hybridized carbons (Fsp3) is 0. The minimum absolute atomic E-state index is 1.34. The van der Waals surface area contributed by atoms with Gasteiger partial charge in [-0.05, 0) is 86.2 Å². The van der Waals surface area contributed by atoms with Crippen LogP contribution >= 0.6 is 0 Å². The summed E-state index contributed by atoms with van der Waals surface area (Å²) in [7, 11) is 0. The maximum atomic E-state index is 2.35. The normalized spacial score (nSPS) is 13.0. The first-order valence-electron chi connectivity index (χ1n) is 11.3. The van der Waals surface area contributed by atoms with Gasteiger partial charge in [0, 0.05) is 0 Å². The topological polar surface area (TPSA) is 0 Å². The summed E-state index contributed by atoms with van der Waals surface area (Å²) in [6.45, 7) is 0. The Balaban J connectivity index is 1.88. The third-order valence-electron chi connectivity index (χ3n) is 7.87. The van der Waals surface area contributed by atoms with E-state index in [1.807, 2.05) is 0 Å². The Morgan fingerprint density at radius 3 is 1.03 bits per heavy atom. The fourth-order valence-electron chi connectivity index (χ4n) is 6.68. The summed E-state index contributed by atoms with van der Waals surface area (Å²) >= 11 is 0. The van der Waals surface area contributed by atoms with Crippen molar-refractivity contribution in [2.45, 2.75) is 0 Å². The van der Waals surface area contributed by atoms with Gasteiger partial charge in [-0.3, -0.25) is 0 Å². The molecule has 0 aliphatic rings. The van der Waals surface area contributed by atoms with Gasteiger partial charge in [-0.2, -0.15) is 0 Å². The van der Waals surface area contributed by atoms with Crippen molar-refractivity contribution in [3.63, 3.8) is 0 Å². The molecule has 0 atom stereocenters. The minimum atomic E-state index is 1.34. The Morgan fingerprint density at radius 2 is 0.562 bits per heavy atom. The van der Waals surface area contributed by atoms with Crippen molar-refractivity contribution in [2.75, 3.05) is 0 Å². The molecule has 9 rings (SSSR count). The molecular formula is C32H16. The van der Waals surface area contributed by atoms with Crippen LogP contribution in [0, 0.1) is 0 Å². The molecule has 0 nitrogen and oxygen atoms in total. The summed E-state index contributed by atoms with van der Waals surface area (Å²) < 4.78 is 0. The van der Waals surface area contributed by atoms with Crippen LogP contribution in [0.15, 0.2) is 97.1 Å². The first kappa shape index (κ1) is 15.6. The molecule has 9 aromatic rings. The van der Waals surface area contributed by atoms with E-state index in [9.17, 15) is 0 Å². The molecule has 0 heterocycles. The van der Waals surface area contributed by atoms with Gasteiger partial charge in [0.2, 0.25) is 0 Å². The maximum Gasteiger partial charge on any atom is -0.0000937 e. The second-order valence-electron chi connectivity index (χ2n) is 9.24. The molecule has 0 saturated carbocycles. The fourth-order valence-corrected chi connectivity index (χ4v) is 6.68. The third kappa shape index (κ3) is 1.54. The first-order chi connectivity index (χ1) is 15.9. The van der Waals surface area contributed by atoms with Gasteiger partial charge in [0.15, 0.2) is 0 Å². The molecule has 32 heavy (non-hydrogen) atoms. The molecule has 0 unspecified atom stereocenters. The van der Waals surface area contributed by atoms with Gasteiger partial charge >= 0.3 is 0 Å². The van der Waals surface area contributed by atoms with Crippen molar-refractivity contribution >= 4 is 86.2 Å². The van der Waals surface area contributed by atoms with Crippen LogP contribution in [0.5, 0.6) is 0 Å². The Hall–Kier alpha value is -4.16. The Morgan fingerprint density at radius 1 is 0.219 bits per heavy atom. The zero-order valence-electron chi connectivity index (χ0n) is 17.2. The molecule has 0 radical (unpaired) electrons. The summed E-state index contributed by atoms with van der Waals surface area (Å²) in [5.74, 6) is 0. The van der Waals surface area contributed by atoms with Crippen molar-refractivity contribution in [1.29, 1.82) is 0 Å². The van der Waals surface area contributed by atoms with E-state index < -0.39 is 0 Å². The van der Waals surface area contributed by atoms with Crippen molar-refractivity contribution in [2.24, 2.45) is 0 Å². The molecule has 0 fully saturated rings. The zero-order valence-corrected chi connectivity index (χ0v) is 17.2. The smallest absolute Gasteiger partial charge is 0.0000937 e. The highest BCUT2D eigenvalue weighted by atomic mass is 14.3. The molecule has 0 heteroatoms. The summed E-state index contributed by atoms with van der Waals surface area (Å²) in [6, 6.07) is 36.5. The van der Waals surface area contributed by atoms with E-state index >= 15 is 0 Å². The van der Waals surface area contributed by atoms with Gasteiger partial charge in [0.1, 0.15) is 0 Å². The number of fused-ring (bicyclic) bond motifs is 6. The Labute approximate surface area is 183 Å². The molecule has 0 aliphatic carbocycles. The summed E-state index contributed by atoms with van der Waals surface area (Å²) in [6.07, 6.45) is 0. The summed E-state index contributed by atoms with van der Waals surface area (Å²) in [5, 5.41) is 22.2.